The van der Waals surface area contributed by atoms with E-state index in [1.165, 1.54) is 11.1 Å². The lowest BCUT2D eigenvalue weighted by Gasteiger charge is -2.39. The van der Waals surface area contributed by atoms with Gasteiger partial charge in [0.2, 0.25) is 0 Å². The van der Waals surface area contributed by atoms with Crippen molar-refractivity contribution in [2.24, 2.45) is 0 Å². The van der Waals surface area contributed by atoms with Gasteiger partial charge in [-0.3, -0.25) is 4.79 Å². The molecule has 31 heavy (non-hydrogen) atoms. The Morgan fingerprint density at radius 3 is 2.45 bits per heavy atom. The SMILES string of the molecule is O=c1c2cccn2c2ccccc2n1CCCN1CCC2(CC1)OCc1ccccc12. The lowest BCUT2D eigenvalue weighted by molar-refractivity contribution is -0.0788. The number of fused-ring (bicyclic) bond motifs is 5. The van der Waals surface area contributed by atoms with Crippen molar-refractivity contribution in [1.29, 1.82) is 0 Å². The molecule has 5 nitrogen and oxygen atoms in total. The van der Waals surface area contributed by atoms with E-state index in [0.29, 0.717) is 0 Å². The minimum Gasteiger partial charge on any atom is -0.365 e. The van der Waals surface area contributed by atoms with E-state index in [1.807, 2.05) is 39.4 Å². The molecular formula is C26H27N3O2. The molecule has 4 aromatic rings. The van der Waals surface area contributed by atoms with Crippen LogP contribution in [0.3, 0.4) is 0 Å². The molecule has 2 aromatic heterocycles. The summed E-state index contributed by atoms with van der Waals surface area (Å²) in [5.41, 5.74) is 5.59. The monoisotopic (exact) mass is 413 g/mol. The van der Waals surface area contributed by atoms with E-state index in [9.17, 15) is 4.79 Å². The van der Waals surface area contributed by atoms with Crippen molar-refractivity contribution in [2.75, 3.05) is 19.6 Å². The smallest absolute Gasteiger partial charge is 0.275 e. The number of benzene rings is 2. The molecule has 5 heteroatoms. The van der Waals surface area contributed by atoms with E-state index in [-0.39, 0.29) is 11.2 Å². The number of rotatable bonds is 4. The number of ether oxygens (including phenoxy) is 1. The summed E-state index contributed by atoms with van der Waals surface area (Å²) in [5.74, 6) is 0. The van der Waals surface area contributed by atoms with E-state index in [1.54, 1.807) is 0 Å². The zero-order chi connectivity index (χ0) is 20.8. The van der Waals surface area contributed by atoms with Crippen LogP contribution in [0.1, 0.15) is 30.4 Å². The zero-order valence-corrected chi connectivity index (χ0v) is 17.7. The molecule has 0 bridgehead atoms. The fourth-order valence-electron chi connectivity index (χ4n) is 5.52. The Kier molecular flexibility index (Phi) is 4.47. The summed E-state index contributed by atoms with van der Waals surface area (Å²) in [5, 5.41) is 0. The fraction of sp³-hybridized carbons (Fsp3) is 0.346. The molecule has 1 spiro atoms. The highest BCUT2D eigenvalue weighted by atomic mass is 16.5. The summed E-state index contributed by atoms with van der Waals surface area (Å²) < 4.78 is 10.2. The summed E-state index contributed by atoms with van der Waals surface area (Å²) in [6.07, 6.45) is 5.02. The third-order valence-corrected chi connectivity index (χ3v) is 7.18. The van der Waals surface area contributed by atoms with Crippen LogP contribution in [0.2, 0.25) is 0 Å². The standard InChI is InChI=1S/C26H27N3O2/c30-25-24-11-5-15-28(24)22-9-3-4-10-23(22)29(25)16-6-14-27-17-12-26(13-18-27)21-8-2-1-7-20(21)19-31-26/h1-5,7-11,15H,6,12-14,16-19H2. The molecule has 2 aliphatic heterocycles. The maximum absolute atomic E-state index is 13.1. The largest absolute Gasteiger partial charge is 0.365 e. The van der Waals surface area contributed by atoms with Gasteiger partial charge in [-0.1, -0.05) is 36.4 Å². The number of likely N-dealkylation sites (tertiary alicyclic amines) is 1. The fourth-order valence-corrected chi connectivity index (χ4v) is 5.52. The van der Waals surface area contributed by atoms with Gasteiger partial charge in [-0.2, -0.15) is 0 Å². The van der Waals surface area contributed by atoms with Crippen LogP contribution in [-0.2, 0) is 23.5 Å². The number of nitrogens with zero attached hydrogens (tertiary/aromatic N) is 3. The molecule has 0 unspecified atom stereocenters. The van der Waals surface area contributed by atoms with Crippen LogP contribution in [0.5, 0.6) is 0 Å². The predicted molar refractivity (Wildman–Crippen MR) is 122 cm³/mol. The van der Waals surface area contributed by atoms with Gasteiger partial charge in [0.25, 0.3) is 5.56 Å². The molecule has 2 aliphatic rings. The number of para-hydroxylation sites is 2. The van der Waals surface area contributed by atoms with Crippen molar-refractivity contribution in [3.63, 3.8) is 0 Å². The van der Waals surface area contributed by atoms with Crippen molar-refractivity contribution in [1.82, 2.24) is 13.9 Å². The third-order valence-electron chi connectivity index (χ3n) is 7.18. The molecule has 2 aromatic carbocycles. The van der Waals surface area contributed by atoms with Crippen LogP contribution in [0.15, 0.2) is 71.7 Å². The number of hydrogen-bond acceptors (Lipinski definition) is 3. The Bertz CT molecular complexity index is 1310. The molecule has 0 amide bonds. The van der Waals surface area contributed by atoms with Crippen molar-refractivity contribution in [2.45, 2.75) is 38.0 Å². The van der Waals surface area contributed by atoms with E-state index in [2.05, 4.69) is 41.3 Å². The van der Waals surface area contributed by atoms with Crippen molar-refractivity contribution >= 4 is 16.6 Å². The molecule has 1 saturated heterocycles. The van der Waals surface area contributed by atoms with E-state index >= 15 is 0 Å². The topological polar surface area (TPSA) is 38.9 Å². The molecular weight excluding hydrogens is 386 g/mol. The first-order chi connectivity index (χ1) is 15.3. The Hall–Kier alpha value is -2.89. The minimum absolute atomic E-state index is 0.0831. The second-order valence-corrected chi connectivity index (χ2v) is 8.84. The molecule has 158 valence electrons. The molecule has 1 fully saturated rings. The number of piperidine rings is 1. The van der Waals surface area contributed by atoms with Crippen LogP contribution in [-0.4, -0.2) is 33.5 Å². The lowest BCUT2D eigenvalue weighted by Crippen LogP contribution is -2.43. The molecule has 0 aliphatic carbocycles. The second-order valence-electron chi connectivity index (χ2n) is 8.84. The van der Waals surface area contributed by atoms with E-state index in [4.69, 9.17) is 4.74 Å². The van der Waals surface area contributed by atoms with Gasteiger partial charge < -0.3 is 18.6 Å². The second kappa shape index (κ2) is 7.36. The first kappa shape index (κ1) is 18.8. The summed E-state index contributed by atoms with van der Waals surface area (Å²) in [4.78, 5) is 15.6. The van der Waals surface area contributed by atoms with E-state index in [0.717, 1.165) is 68.6 Å². The molecule has 0 atom stereocenters. The van der Waals surface area contributed by atoms with E-state index < -0.39 is 0 Å². The summed E-state index contributed by atoms with van der Waals surface area (Å²) in [7, 11) is 0. The maximum atomic E-state index is 13.1. The van der Waals surface area contributed by atoms with Crippen LogP contribution >= 0.6 is 0 Å². The average molecular weight is 414 g/mol. The summed E-state index contributed by atoms with van der Waals surface area (Å²) in [6.45, 7) is 4.57. The van der Waals surface area contributed by atoms with Gasteiger partial charge in [0.15, 0.2) is 0 Å². The van der Waals surface area contributed by atoms with Gasteiger partial charge in [-0.05, 0) is 61.2 Å². The van der Waals surface area contributed by atoms with Gasteiger partial charge in [-0.25, -0.2) is 0 Å². The molecule has 6 rings (SSSR count). The van der Waals surface area contributed by atoms with Gasteiger partial charge in [0, 0.05) is 25.8 Å². The van der Waals surface area contributed by atoms with Crippen LogP contribution in [0.4, 0.5) is 0 Å². The highest BCUT2D eigenvalue weighted by Gasteiger charge is 2.42. The first-order valence-electron chi connectivity index (χ1n) is 11.3. The first-order valence-corrected chi connectivity index (χ1v) is 11.3. The van der Waals surface area contributed by atoms with Crippen LogP contribution < -0.4 is 5.56 Å². The molecule has 0 N–H and O–H groups in total. The highest BCUT2D eigenvalue weighted by Crippen LogP contribution is 2.43. The number of aromatic nitrogens is 2. The average Bonchev–Trinajstić information content (AvgIpc) is 3.44. The Morgan fingerprint density at radius 2 is 1.58 bits per heavy atom. The Labute approximate surface area is 181 Å². The zero-order valence-electron chi connectivity index (χ0n) is 17.7. The molecule has 0 radical (unpaired) electrons. The predicted octanol–water partition coefficient (Wildman–Crippen LogP) is 4.17. The quantitative estimate of drug-likeness (QED) is 0.504. The molecule has 4 heterocycles. The van der Waals surface area contributed by atoms with Crippen LogP contribution in [0, 0.1) is 0 Å². The third kappa shape index (κ3) is 3.03. The van der Waals surface area contributed by atoms with Gasteiger partial charge in [0.1, 0.15) is 5.52 Å². The minimum atomic E-state index is -0.0831. The maximum Gasteiger partial charge on any atom is 0.275 e. The Morgan fingerprint density at radius 1 is 0.839 bits per heavy atom. The van der Waals surface area contributed by atoms with Gasteiger partial charge in [0.05, 0.1) is 23.2 Å². The number of hydrogen-bond donors (Lipinski definition) is 0. The number of aryl methyl sites for hydroxylation is 1. The van der Waals surface area contributed by atoms with Gasteiger partial charge >= 0.3 is 0 Å². The lowest BCUT2D eigenvalue weighted by atomic mass is 9.84. The summed E-state index contributed by atoms with van der Waals surface area (Å²) in [6, 6.07) is 20.7. The highest BCUT2D eigenvalue weighted by molar-refractivity contribution is 5.79. The van der Waals surface area contributed by atoms with Crippen LogP contribution in [0.25, 0.3) is 16.6 Å². The van der Waals surface area contributed by atoms with Crippen molar-refractivity contribution in [3.05, 3.63) is 88.3 Å². The van der Waals surface area contributed by atoms with Crippen molar-refractivity contribution in [3.8, 4) is 0 Å². The van der Waals surface area contributed by atoms with Crippen molar-refractivity contribution < 1.29 is 4.74 Å². The van der Waals surface area contributed by atoms with Gasteiger partial charge in [-0.15, -0.1) is 0 Å². The Balaban J connectivity index is 1.15. The normalized spacial score (nSPS) is 18.2. The molecule has 0 saturated carbocycles. The summed E-state index contributed by atoms with van der Waals surface area (Å²) >= 11 is 0.